The minimum absolute atomic E-state index is 0.167. The molecular weight excluding hydrogens is 273 g/mol. The molecule has 1 aliphatic heterocycles. The number of benzene rings is 1. The molecule has 1 saturated heterocycles. The quantitative estimate of drug-likeness (QED) is 0.646. The SMILES string of the molecule is O=[N+]([O-])c1cc(F)cc(CN(CC2CCCN2)C2CC2)c1. The molecule has 2 fully saturated rings. The molecule has 1 heterocycles. The molecule has 0 bridgehead atoms. The Hall–Kier alpha value is -1.53. The van der Waals surface area contributed by atoms with Gasteiger partial charge in [0.05, 0.1) is 11.0 Å². The normalized spacial score (nSPS) is 21.9. The summed E-state index contributed by atoms with van der Waals surface area (Å²) >= 11 is 0. The number of non-ortho nitro benzene ring substituents is 1. The van der Waals surface area contributed by atoms with Crippen molar-refractivity contribution in [1.29, 1.82) is 0 Å². The van der Waals surface area contributed by atoms with Gasteiger partial charge in [0.2, 0.25) is 0 Å². The first kappa shape index (κ1) is 14.4. The van der Waals surface area contributed by atoms with E-state index in [1.165, 1.54) is 37.8 Å². The van der Waals surface area contributed by atoms with Gasteiger partial charge < -0.3 is 5.32 Å². The maximum absolute atomic E-state index is 13.5. The summed E-state index contributed by atoms with van der Waals surface area (Å²) in [5.74, 6) is -0.533. The minimum Gasteiger partial charge on any atom is -0.313 e. The molecule has 1 atom stereocenters. The van der Waals surface area contributed by atoms with Crippen LogP contribution in [0.5, 0.6) is 0 Å². The van der Waals surface area contributed by atoms with E-state index in [4.69, 9.17) is 0 Å². The number of hydrogen-bond acceptors (Lipinski definition) is 4. The maximum Gasteiger partial charge on any atom is 0.272 e. The molecular formula is C15H20FN3O2. The number of rotatable bonds is 6. The fourth-order valence-corrected chi connectivity index (χ4v) is 3.04. The Kier molecular flexibility index (Phi) is 4.17. The van der Waals surface area contributed by atoms with E-state index in [1.54, 1.807) is 0 Å². The molecule has 0 spiro atoms. The van der Waals surface area contributed by atoms with Crippen LogP contribution in [0.25, 0.3) is 0 Å². The molecule has 5 nitrogen and oxygen atoms in total. The van der Waals surface area contributed by atoms with Crippen LogP contribution in [-0.2, 0) is 6.54 Å². The summed E-state index contributed by atoms with van der Waals surface area (Å²) in [6.45, 7) is 2.59. The van der Waals surface area contributed by atoms with Crippen molar-refractivity contribution in [3.63, 3.8) is 0 Å². The van der Waals surface area contributed by atoms with E-state index in [0.717, 1.165) is 19.2 Å². The number of nitrogens with one attached hydrogen (secondary N) is 1. The highest BCUT2D eigenvalue weighted by molar-refractivity contribution is 5.35. The highest BCUT2D eigenvalue weighted by atomic mass is 19.1. The Morgan fingerprint density at radius 3 is 2.76 bits per heavy atom. The van der Waals surface area contributed by atoms with Gasteiger partial charge in [-0.3, -0.25) is 15.0 Å². The van der Waals surface area contributed by atoms with Crippen molar-refractivity contribution >= 4 is 5.69 Å². The Labute approximate surface area is 123 Å². The third-order valence-electron chi connectivity index (χ3n) is 4.22. The predicted molar refractivity (Wildman–Crippen MR) is 77.5 cm³/mol. The monoisotopic (exact) mass is 293 g/mol. The van der Waals surface area contributed by atoms with Gasteiger partial charge in [0.15, 0.2) is 0 Å². The molecule has 6 heteroatoms. The highest BCUT2D eigenvalue weighted by Gasteiger charge is 2.31. The fourth-order valence-electron chi connectivity index (χ4n) is 3.04. The summed E-state index contributed by atoms with van der Waals surface area (Å²) in [6.07, 6.45) is 4.72. The number of nitro benzene ring substituents is 1. The van der Waals surface area contributed by atoms with E-state index < -0.39 is 10.7 Å². The molecule has 0 radical (unpaired) electrons. The zero-order chi connectivity index (χ0) is 14.8. The third kappa shape index (κ3) is 3.77. The van der Waals surface area contributed by atoms with Gasteiger partial charge in [-0.05, 0) is 43.9 Å². The van der Waals surface area contributed by atoms with Crippen LogP contribution < -0.4 is 5.32 Å². The van der Waals surface area contributed by atoms with Crippen LogP contribution in [0.1, 0.15) is 31.2 Å². The van der Waals surface area contributed by atoms with Gasteiger partial charge in [0.1, 0.15) is 5.82 Å². The van der Waals surface area contributed by atoms with Crippen molar-refractivity contribution in [1.82, 2.24) is 10.2 Å². The van der Waals surface area contributed by atoms with Crippen LogP contribution in [0, 0.1) is 15.9 Å². The Balaban J connectivity index is 1.71. The summed E-state index contributed by atoms with van der Waals surface area (Å²) in [5, 5.41) is 14.3. The molecule has 1 N–H and O–H groups in total. The molecule has 114 valence electrons. The molecule has 2 aliphatic rings. The van der Waals surface area contributed by atoms with Gasteiger partial charge in [0.25, 0.3) is 5.69 Å². The zero-order valence-corrected chi connectivity index (χ0v) is 11.9. The molecule has 1 aromatic rings. The van der Waals surface area contributed by atoms with Crippen LogP contribution in [-0.4, -0.2) is 35.0 Å². The molecule has 1 aliphatic carbocycles. The summed E-state index contributed by atoms with van der Waals surface area (Å²) in [6, 6.07) is 4.91. The van der Waals surface area contributed by atoms with Crippen molar-refractivity contribution in [2.75, 3.05) is 13.1 Å². The molecule has 1 saturated carbocycles. The summed E-state index contributed by atoms with van der Waals surface area (Å²) < 4.78 is 13.5. The lowest BCUT2D eigenvalue weighted by molar-refractivity contribution is -0.385. The Morgan fingerprint density at radius 2 is 2.14 bits per heavy atom. The molecule has 0 aromatic heterocycles. The summed E-state index contributed by atoms with van der Waals surface area (Å²) in [4.78, 5) is 12.6. The Morgan fingerprint density at radius 1 is 1.33 bits per heavy atom. The van der Waals surface area contributed by atoms with Gasteiger partial charge in [-0.1, -0.05) is 0 Å². The lowest BCUT2D eigenvalue weighted by Gasteiger charge is -2.25. The van der Waals surface area contributed by atoms with Gasteiger partial charge >= 0.3 is 0 Å². The molecule has 1 aromatic carbocycles. The van der Waals surface area contributed by atoms with Gasteiger partial charge in [0, 0.05) is 31.2 Å². The average molecular weight is 293 g/mol. The summed E-state index contributed by atoms with van der Waals surface area (Å²) in [7, 11) is 0. The maximum atomic E-state index is 13.5. The fraction of sp³-hybridized carbons (Fsp3) is 0.600. The minimum atomic E-state index is -0.535. The van der Waals surface area contributed by atoms with Gasteiger partial charge in [-0.25, -0.2) is 4.39 Å². The third-order valence-corrected chi connectivity index (χ3v) is 4.22. The van der Waals surface area contributed by atoms with Crippen molar-refractivity contribution in [2.24, 2.45) is 0 Å². The van der Waals surface area contributed by atoms with Crippen LogP contribution in [0.4, 0.5) is 10.1 Å². The number of halogens is 1. The number of hydrogen-bond donors (Lipinski definition) is 1. The largest absolute Gasteiger partial charge is 0.313 e. The smallest absolute Gasteiger partial charge is 0.272 e. The summed E-state index contributed by atoms with van der Waals surface area (Å²) in [5.41, 5.74) is 0.520. The van der Waals surface area contributed by atoms with E-state index in [-0.39, 0.29) is 5.69 Å². The van der Waals surface area contributed by atoms with Crippen molar-refractivity contribution in [3.05, 3.63) is 39.7 Å². The predicted octanol–water partition coefficient (Wildman–Crippen LogP) is 2.45. The van der Waals surface area contributed by atoms with Crippen LogP contribution in [0.2, 0.25) is 0 Å². The number of nitrogens with zero attached hydrogens (tertiary/aromatic N) is 2. The first-order chi connectivity index (χ1) is 10.1. The van der Waals surface area contributed by atoms with Gasteiger partial charge in [-0.15, -0.1) is 0 Å². The second-order valence-electron chi connectivity index (χ2n) is 6.03. The van der Waals surface area contributed by atoms with E-state index in [2.05, 4.69) is 10.2 Å². The standard InChI is InChI=1S/C15H20FN3O2/c16-12-6-11(7-15(8-12)19(20)21)9-18(14-3-4-14)10-13-2-1-5-17-13/h6-8,13-14,17H,1-5,9-10H2. The number of nitro groups is 1. The lowest BCUT2D eigenvalue weighted by atomic mass is 10.1. The van der Waals surface area contributed by atoms with Crippen molar-refractivity contribution < 1.29 is 9.31 Å². The van der Waals surface area contributed by atoms with E-state index in [0.29, 0.717) is 24.2 Å². The zero-order valence-electron chi connectivity index (χ0n) is 11.9. The molecule has 1 unspecified atom stereocenters. The Bertz CT molecular complexity index is 528. The van der Waals surface area contributed by atoms with Crippen LogP contribution in [0.3, 0.4) is 0 Å². The molecule has 3 rings (SSSR count). The van der Waals surface area contributed by atoms with Crippen LogP contribution >= 0.6 is 0 Å². The van der Waals surface area contributed by atoms with E-state index in [9.17, 15) is 14.5 Å². The first-order valence-electron chi connectivity index (χ1n) is 7.53. The van der Waals surface area contributed by atoms with E-state index >= 15 is 0 Å². The first-order valence-corrected chi connectivity index (χ1v) is 7.53. The van der Waals surface area contributed by atoms with Crippen molar-refractivity contribution in [2.45, 2.75) is 44.3 Å². The average Bonchev–Trinajstić information content (AvgIpc) is 3.16. The second-order valence-corrected chi connectivity index (χ2v) is 6.03. The van der Waals surface area contributed by atoms with E-state index in [1.807, 2.05) is 0 Å². The lowest BCUT2D eigenvalue weighted by Crippen LogP contribution is -2.38. The molecule has 0 amide bonds. The molecule has 21 heavy (non-hydrogen) atoms. The highest BCUT2D eigenvalue weighted by Crippen LogP contribution is 2.30. The second kappa shape index (κ2) is 6.07. The van der Waals surface area contributed by atoms with Crippen LogP contribution in [0.15, 0.2) is 18.2 Å². The van der Waals surface area contributed by atoms with Crippen molar-refractivity contribution in [3.8, 4) is 0 Å². The van der Waals surface area contributed by atoms with Gasteiger partial charge in [-0.2, -0.15) is 0 Å². The topological polar surface area (TPSA) is 58.4 Å².